The second-order valence-corrected chi connectivity index (χ2v) is 11.5. The summed E-state index contributed by atoms with van der Waals surface area (Å²) < 4.78 is 5.17. The maximum absolute atomic E-state index is 12.3. The molecule has 4 rings (SSSR count). The molecule has 0 N–H and O–H groups in total. The molecule has 1 aliphatic rings. The number of ether oxygens (including phenoxy) is 1. The van der Waals surface area contributed by atoms with Gasteiger partial charge < -0.3 is 19.4 Å². The van der Waals surface area contributed by atoms with Crippen molar-refractivity contribution in [3.05, 3.63) is 64.7 Å². The van der Waals surface area contributed by atoms with Crippen LogP contribution < -0.4 is 4.90 Å². The van der Waals surface area contributed by atoms with E-state index in [-0.39, 0.29) is 5.97 Å². The third-order valence-electron chi connectivity index (χ3n) is 7.24. The van der Waals surface area contributed by atoms with Crippen molar-refractivity contribution in [1.29, 1.82) is 0 Å². The summed E-state index contributed by atoms with van der Waals surface area (Å²) in [7, 11) is 2.20. The second-order valence-electron chi connectivity index (χ2n) is 10.7. The van der Waals surface area contributed by atoms with Gasteiger partial charge in [0.05, 0.1) is 6.61 Å². The maximum Gasteiger partial charge on any atom is 0.357 e. The summed E-state index contributed by atoms with van der Waals surface area (Å²) in [5.74, 6) is 0.195. The molecule has 0 amide bonds. The van der Waals surface area contributed by atoms with Crippen molar-refractivity contribution in [2.75, 3.05) is 57.8 Å². The molecule has 2 aromatic carbocycles. The first-order chi connectivity index (χ1) is 18.3. The largest absolute Gasteiger partial charge is 0.461 e. The monoisotopic (exact) mass is 534 g/mol. The molecular weight excluding hydrogens is 492 g/mol. The fourth-order valence-electron chi connectivity index (χ4n) is 4.70. The smallest absolute Gasteiger partial charge is 0.357 e. The Balaban J connectivity index is 1.52. The number of thiazole rings is 1. The number of anilines is 2. The van der Waals surface area contributed by atoms with Gasteiger partial charge in [-0.3, -0.25) is 0 Å². The lowest BCUT2D eigenvalue weighted by atomic mass is 10.00. The number of rotatable bonds is 11. The number of benzene rings is 2. The molecule has 3 aromatic rings. The Morgan fingerprint density at radius 2 is 1.79 bits per heavy atom. The quantitative estimate of drug-likeness (QED) is 0.270. The van der Waals surface area contributed by atoms with Gasteiger partial charge in [0.2, 0.25) is 0 Å². The van der Waals surface area contributed by atoms with Crippen molar-refractivity contribution in [3.63, 3.8) is 0 Å². The summed E-state index contributed by atoms with van der Waals surface area (Å²) in [5, 5.41) is 2.63. The molecule has 7 heteroatoms. The minimum Gasteiger partial charge on any atom is -0.461 e. The fraction of sp³-hybridized carbons (Fsp3) is 0.484. The molecule has 2 heterocycles. The molecule has 0 atom stereocenters. The number of aryl methyl sites for hydroxylation is 1. The van der Waals surface area contributed by atoms with E-state index < -0.39 is 0 Å². The molecular formula is C31H42N4O2S. The highest BCUT2D eigenvalue weighted by molar-refractivity contribution is 7.14. The Labute approximate surface area is 232 Å². The van der Waals surface area contributed by atoms with Crippen LogP contribution in [0.4, 0.5) is 10.8 Å². The predicted molar refractivity (Wildman–Crippen MR) is 159 cm³/mol. The molecule has 204 valence electrons. The summed E-state index contributed by atoms with van der Waals surface area (Å²) in [5.41, 5.74) is 6.48. The number of hydrogen-bond acceptors (Lipinski definition) is 7. The lowest BCUT2D eigenvalue weighted by Gasteiger charge is -2.32. The Kier molecular flexibility index (Phi) is 9.94. The van der Waals surface area contributed by atoms with E-state index >= 15 is 0 Å². The third-order valence-corrected chi connectivity index (χ3v) is 8.10. The Morgan fingerprint density at radius 3 is 2.47 bits per heavy atom. The van der Waals surface area contributed by atoms with Crippen LogP contribution in [0.5, 0.6) is 0 Å². The van der Waals surface area contributed by atoms with E-state index in [1.54, 1.807) is 5.38 Å². The summed E-state index contributed by atoms with van der Waals surface area (Å²) in [6.45, 7) is 15.4. The van der Waals surface area contributed by atoms with Crippen LogP contribution in [0, 0.1) is 12.8 Å². The van der Waals surface area contributed by atoms with Gasteiger partial charge in [-0.25, -0.2) is 9.78 Å². The van der Waals surface area contributed by atoms with Crippen molar-refractivity contribution in [3.8, 4) is 11.1 Å². The lowest BCUT2D eigenvalue weighted by Crippen LogP contribution is -2.45. The van der Waals surface area contributed by atoms with Crippen molar-refractivity contribution in [1.82, 2.24) is 14.8 Å². The number of aromatic nitrogens is 1. The van der Waals surface area contributed by atoms with Gasteiger partial charge in [-0.2, -0.15) is 0 Å². The standard InChI is InChI=1S/C31H42N4O2S/c1-6-37-30(36)28-22-38-31(32-28)35(16-13-23(2)3)29-21-27(10-7-24(29)4)26-11-8-25(9-12-26)14-15-34-19-17-33(5)18-20-34/h7-12,21-23H,6,13-20H2,1-5H3. The third kappa shape index (κ3) is 7.43. The summed E-state index contributed by atoms with van der Waals surface area (Å²) in [4.78, 5) is 24.2. The number of piperazine rings is 1. The first kappa shape index (κ1) is 28.3. The van der Waals surface area contributed by atoms with E-state index in [1.807, 2.05) is 6.92 Å². The first-order valence-corrected chi connectivity index (χ1v) is 14.7. The van der Waals surface area contributed by atoms with E-state index in [2.05, 4.69) is 90.0 Å². The van der Waals surface area contributed by atoms with Crippen LogP contribution in [-0.4, -0.2) is 73.7 Å². The van der Waals surface area contributed by atoms with Crippen LogP contribution in [0.1, 0.15) is 48.8 Å². The molecule has 38 heavy (non-hydrogen) atoms. The molecule has 0 unspecified atom stereocenters. The predicted octanol–water partition coefficient (Wildman–Crippen LogP) is 6.27. The number of hydrogen-bond donors (Lipinski definition) is 0. The van der Waals surface area contributed by atoms with E-state index in [0.29, 0.717) is 18.2 Å². The molecule has 0 saturated carbocycles. The van der Waals surface area contributed by atoms with Gasteiger partial charge in [0, 0.05) is 50.3 Å². The highest BCUT2D eigenvalue weighted by atomic mass is 32.1. The second kappa shape index (κ2) is 13.4. The average molecular weight is 535 g/mol. The number of carbonyl (C=O) groups excluding carboxylic acids is 1. The van der Waals surface area contributed by atoms with Gasteiger partial charge in [0.25, 0.3) is 0 Å². The van der Waals surface area contributed by atoms with Crippen LogP contribution in [0.15, 0.2) is 47.8 Å². The fourth-order valence-corrected chi connectivity index (χ4v) is 5.53. The minimum absolute atomic E-state index is 0.346. The average Bonchev–Trinajstić information content (AvgIpc) is 3.40. The van der Waals surface area contributed by atoms with E-state index in [0.717, 1.165) is 62.9 Å². The van der Waals surface area contributed by atoms with E-state index in [9.17, 15) is 4.79 Å². The SMILES string of the molecule is CCOC(=O)c1csc(N(CCC(C)C)c2cc(-c3ccc(CCN4CCN(C)CC4)cc3)ccc2C)n1. The van der Waals surface area contributed by atoms with Gasteiger partial charge in [-0.1, -0.05) is 50.2 Å². The Bertz CT molecular complexity index is 1180. The molecule has 0 bridgehead atoms. The molecule has 0 radical (unpaired) electrons. The molecule has 1 fully saturated rings. The number of carbonyl (C=O) groups is 1. The summed E-state index contributed by atoms with van der Waals surface area (Å²) in [6, 6.07) is 15.7. The normalized spacial score (nSPS) is 14.7. The van der Waals surface area contributed by atoms with E-state index in [4.69, 9.17) is 4.74 Å². The van der Waals surface area contributed by atoms with Gasteiger partial charge in [0.15, 0.2) is 10.8 Å². The van der Waals surface area contributed by atoms with Gasteiger partial charge in [-0.15, -0.1) is 11.3 Å². The summed E-state index contributed by atoms with van der Waals surface area (Å²) >= 11 is 1.50. The highest BCUT2D eigenvalue weighted by Gasteiger charge is 2.20. The molecule has 1 aliphatic heterocycles. The van der Waals surface area contributed by atoms with Crippen LogP contribution in [0.3, 0.4) is 0 Å². The maximum atomic E-state index is 12.3. The topological polar surface area (TPSA) is 48.9 Å². The molecule has 1 aromatic heterocycles. The lowest BCUT2D eigenvalue weighted by molar-refractivity contribution is 0.0520. The van der Waals surface area contributed by atoms with Crippen LogP contribution in [0.2, 0.25) is 0 Å². The zero-order valence-electron chi connectivity index (χ0n) is 23.6. The van der Waals surface area contributed by atoms with Crippen LogP contribution >= 0.6 is 11.3 Å². The van der Waals surface area contributed by atoms with Crippen LogP contribution in [0.25, 0.3) is 11.1 Å². The van der Waals surface area contributed by atoms with Gasteiger partial charge in [-0.05, 0) is 68.0 Å². The summed E-state index contributed by atoms with van der Waals surface area (Å²) in [6.07, 6.45) is 2.11. The van der Waals surface area contributed by atoms with Gasteiger partial charge >= 0.3 is 5.97 Å². The Hall–Kier alpha value is -2.74. The minimum atomic E-state index is -0.364. The number of esters is 1. The van der Waals surface area contributed by atoms with Gasteiger partial charge in [0.1, 0.15) is 0 Å². The first-order valence-electron chi connectivity index (χ1n) is 13.8. The highest BCUT2D eigenvalue weighted by Crippen LogP contribution is 2.35. The number of nitrogens with zero attached hydrogens (tertiary/aromatic N) is 4. The number of likely N-dealkylation sites (N-methyl/N-ethyl adjacent to an activating group) is 1. The zero-order chi connectivity index (χ0) is 27.1. The molecule has 0 spiro atoms. The van der Waals surface area contributed by atoms with Crippen molar-refractivity contribution in [2.45, 2.75) is 40.5 Å². The van der Waals surface area contributed by atoms with Crippen molar-refractivity contribution in [2.24, 2.45) is 5.92 Å². The molecule has 6 nitrogen and oxygen atoms in total. The van der Waals surface area contributed by atoms with E-state index in [1.165, 1.54) is 33.6 Å². The van der Waals surface area contributed by atoms with Crippen molar-refractivity contribution >= 4 is 28.1 Å². The zero-order valence-corrected chi connectivity index (χ0v) is 24.4. The molecule has 1 saturated heterocycles. The molecule has 0 aliphatic carbocycles. The Morgan fingerprint density at radius 1 is 1.08 bits per heavy atom. The van der Waals surface area contributed by atoms with Crippen LogP contribution in [-0.2, 0) is 11.2 Å². The van der Waals surface area contributed by atoms with Crippen molar-refractivity contribution < 1.29 is 9.53 Å².